The van der Waals surface area contributed by atoms with E-state index in [9.17, 15) is 4.39 Å². The molecular weight excluding hydrogens is 214 g/mol. The molecule has 0 aliphatic heterocycles. The van der Waals surface area contributed by atoms with E-state index < -0.39 is 5.82 Å². The molecule has 1 fully saturated rings. The van der Waals surface area contributed by atoms with Crippen LogP contribution in [-0.2, 0) is 0 Å². The van der Waals surface area contributed by atoms with E-state index in [-0.39, 0.29) is 10.3 Å². The third kappa shape index (κ3) is 1.63. The number of hydrogen-bond donors (Lipinski definition) is 0. The molecule has 2 atom stereocenters. The second-order valence-corrected chi connectivity index (χ2v) is 4.01. The molecule has 0 N–H and O–H groups in total. The van der Waals surface area contributed by atoms with Gasteiger partial charge in [-0.05, 0) is 12.3 Å². The van der Waals surface area contributed by atoms with Crippen LogP contribution in [0, 0.1) is 11.7 Å². The Bertz CT molecular complexity index is 333. The van der Waals surface area contributed by atoms with Crippen molar-refractivity contribution < 1.29 is 4.39 Å². The summed E-state index contributed by atoms with van der Waals surface area (Å²) >= 11 is 11.1. The monoisotopic (exact) mass is 220 g/mol. The van der Waals surface area contributed by atoms with Gasteiger partial charge in [0.1, 0.15) is 5.82 Å². The number of rotatable bonds is 1. The third-order valence-corrected chi connectivity index (χ3v) is 2.73. The number of hydrogen-bond acceptors (Lipinski definition) is 2. The summed E-state index contributed by atoms with van der Waals surface area (Å²) in [5, 5.41) is -0.372. The second kappa shape index (κ2) is 3.07. The molecule has 1 aromatic rings. The predicted octanol–water partition coefficient (Wildman–Crippen LogP) is 3.05. The van der Waals surface area contributed by atoms with Crippen LogP contribution < -0.4 is 0 Å². The van der Waals surface area contributed by atoms with Gasteiger partial charge in [0.15, 0.2) is 16.1 Å². The molecule has 1 heterocycles. The first-order valence-corrected chi connectivity index (χ1v) is 4.73. The topological polar surface area (TPSA) is 25.8 Å². The number of nitrogens with zero attached hydrogens (tertiary/aromatic N) is 2. The Labute approximate surface area is 85.1 Å². The van der Waals surface area contributed by atoms with Crippen molar-refractivity contribution in [1.82, 2.24) is 9.97 Å². The van der Waals surface area contributed by atoms with E-state index >= 15 is 0 Å². The van der Waals surface area contributed by atoms with Crippen LogP contribution in [0.5, 0.6) is 0 Å². The standard InChI is InChI=1S/C8H7Cl2FN2/c1-3-2-4(3)8-12-6(9)5(11)7(10)13-8/h3-4H,2H2,1H3. The van der Waals surface area contributed by atoms with Crippen LogP contribution in [-0.4, -0.2) is 9.97 Å². The molecule has 2 unspecified atom stereocenters. The molecule has 0 bridgehead atoms. The maximum atomic E-state index is 12.9. The lowest BCUT2D eigenvalue weighted by atomic mass is 10.3. The van der Waals surface area contributed by atoms with Gasteiger partial charge in [0.25, 0.3) is 0 Å². The van der Waals surface area contributed by atoms with Crippen molar-refractivity contribution >= 4 is 23.2 Å². The number of aromatic nitrogens is 2. The van der Waals surface area contributed by atoms with Crippen LogP contribution in [0.15, 0.2) is 0 Å². The van der Waals surface area contributed by atoms with E-state index in [1.807, 2.05) is 0 Å². The van der Waals surface area contributed by atoms with E-state index in [0.717, 1.165) is 6.42 Å². The third-order valence-electron chi connectivity index (χ3n) is 2.23. The maximum absolute atomic E-state index is 12.9. The molecule has 2 nitrogen and oxygen atoms in total. The fraction of sp³-hybridized carbons (Fsp3) is 0.500. The summed E-state index contributed by atoms with van der Waals surface area (Å²) < 4.78 is 12.9. The van der Waals surface area contributed by atoms with Gasteiger partial charge in [-0.25, -0.2) is 14.4 Å². The summed E-state index contributed by atoms with van der Waals surface area (Å²) in [6.07, 6.45) is 1.03. The van der Waals surface area contributed by atoms with Gasteiger partial charge < -0.3 is 0 Å². The average molecular weight is 221 g/mol. The molecule has 1 aromatic heterocycles. The Morgan fingerprint density at radius 2 is 1.77 bits per heavy atom. The molecule has 70 valence electrons. The quantitative estimate of drug-likeness (QED) is 0.681. The van der Waals surface area contributed by atoms with E-state index in [4.69, 9.17) is 23.2 Å². The van der Waals surface area contributed by atoms with Gasteiger partial charge in [-0.15, -0.1) is 0 Å². The highest BCUT2D eigenvalue weighted by atomic mass is 35.5. The highest BCUT2D eigenvalue weighted by Gasteiger charge is 2.37. The Hall–Kier alpha value is -0.410. The van der Waals surface area contributed by atoms with E-state index in [2.05, 4.69) is 16.9 Å². The van der Waals surface area contributed by atoms with Crippen LogP contribution in [0.1, 0.15) is 25.1 Å². The van der Waals surface area contributed by atoms with Crippen LogP contribution in [0.25, 0.3) is 0 Å². The van der Waals surface area contributed by atoms with Crippen LogP contribution in [0.2, 0.25) is 10.3 Å². The summed E-state index contributed by atoms with van der Waals surface area (Å²) in [5.74, 6) is 0.678. The first-order chi connectivity index (χ1) is 6.09. The van der Waals surface area contributed by atoms with Gasteiger partial charge in [-0.1, -0.05) is 30.1 Å². The molecule has 5 heteroatoms. The molecule has 13 heavy (non-hydrogen) atoms. The van der Waals surface area contributed by atoms with Gasteiger partial charge in [-0.3, -0.25) is 0 Å². The van der Waals surface area contributed by atoms with Crippen molar-refractivity contribution in [3.8, 4) is 0 Å². The van der Waals surface area contributed by atoms with Gasteiger partial charge >= 0.3 is 0 Å². The lowest BCUT2D eigenvalue weighted by Crippen LogP contribution is -1.97. The number of halogens is 3. The van der Waals surface area contributed by atoms with Crippen molar-refractivity contribution in [2.75, 3.05) is 0 Å². The highest BCUT2D eigenvalue weighted by Crippen LogP contribution is 2.45. The molecular formula is C8H7Cl2FN2. The zero-order valence-electron chi connectivity index (χ0n) is 6.89. The van der Waals surface area contributed by atoms with Gasteiger partial charge in [0, 0.05) is 5.92 Å². The minimum absolute atomic E-state index is 0.186. The molecule has 0 saturated heterocycles. The smallest absolute Gasteiger partial charge is 0.197 e. The molecule has 2 rings (SSSR count). The van der Waals surface area contributed by atoms with Crippen LogP contribution in [0.4, 0.5) is 4.39 Å². The van der Waals surface area contributed by atoms with Crippen molar-refractivity contribution in [2.24, 2.45) is 5.92 Å². The Morgan fingerprint density at radius 3 is 2.15 bits per heavy atom. The summed E-state index contributed by atoms with van der Waals surface area (Å²) in [4.78, 5) is 7.68. The Balaban J connectivity index is 2.39. The van der Waals surface area contributed by atoms with E-state index in [0.29, 0.717) is 17.7 Å². The maximum Gasteiger partial charge on any atom is 0.197 e. The van der Waals surface area contributed by atoms with Gasteiger partial charge in [0.2, 0.25) is 0 Å². The normalized spacial score (nSPS) is 26.2. The van der Waals surface area contributed by atoms with E-state index in [1.54, 1.807) is 0 Å². The zero-order valence-corrected chi connectivity index (χ0v) is 8.40. The summed E-state index contributed by atoms with van der Waals surface area (Å²) in [7, 11) is 0. The molecule has 1 aliphatic rings. The van der Waals surface area contributed by atoms with Gasteiger partial charge in [-0.2, -0.15) is 0 Å². The minimum atomic E-state index is -0.736. The van der Waals surface area contributed by atoms with Crippen molar-refractivity contribution in [3.63, 3.8) is 0 Å². The first-order valence-electron chi connectivity index (χ1n) is 3.98. The fourth-order valence-corrected chi connectivity index (χ4v) is 1.66. The van der Waals surface area contributed by atoms with Crippen LogP contribution >= 0.6 is 23.2 Å². The lowest BCUT2D eigenvalue weighted by Gasteiger charge is -2.00. The molecule has 1 saturated carbocycles. The minimum Gasteiger partial charge on any atom is -0.218 e. The largest absolute Gasteiger partial charge is 0.218 e. The molecule has 0 spiro atoms. The molecule has 0 amide bonds. The predicted molar refractivity (Wildman–Crippen MR) is 48.5 cm³/mol. The van der Waals surface area contributed by atoms with Gasteiger partial charge in [0.05, 0.1) is 0 Å². The Kier molecular flexibility index (Phi) is 2.16. The fourth-order valence-electron chi connectivity index (χ4n) is 1.26. The molecule has 0 aromatic carbocycles. The van der Waals surface area contributed by atoms with Crippen molar-refractivity contribution in [2.45, 2.75) is 19.3 Å². The van der Waals surface area contributed by atoms with Crippen molar-refractivity contribution in [3.05, 3.63) is 21.9 Å². The van der Waals surface area contributed by atoms with E-state index in [1.165, 1.54) is 0 Å². The summed E-state index contributed by atoms with van der Waals surface area (Å²) in [6, 6.07) is 0. The Morgan fingerprint density at radius 1 is 1.31 bits per heavy atom. The summed E-state index contributed by atoms with van der Waals surface area (Å²) in [5.41, 5.74) is 0. The first kappa shape index (κ1) is 9.16. The average Bonchev–Trinajstić information content (AvgIpc) is 2.77. The lowest BCUT2D eigenvalue weighted by molar-refractivity contribution is 0.608. The summed E-state index contributed by atoms with van der Waals surface area (Å²) in [6.45, 7) is 2.08. The zero-order chi connectivity index (χ0) is 9.59. The highest BCUT2D eigenvalue weighted by molar-refractivity contribution is 6.33. The SMILES string of the molecule is CC1CC1c1nc(Cl)c(F)c(Cl)n1. The molecule has 1 aliphatic carbocycles. The van der Waals surface area contributed by atoms with Crippen LogP contribution in [0.3, 0.4) is 0 Å². The van der Waals surface area contributed by atoms with Crippen molar-refractivity contribution in [1.29, 1.82) is 0 Å². The second-order valence-electron chi connectivity index (χ2n) is 3.30. The molecule has 0 radical (unpaired) electrons.